The van der Waals surface area contributed by atoms with Crippen LogP contribution in [0.1, 0.15) is 34.0 Å². The minimum Gasteiger partial charge on any atom is -0.478 e. The van der Waals surface area contributed by atoms with Crippen molar-refractivity contribution in [2.24, 2.45) is 0 Å². The van der Waals surface area contributed by atoms with E-state index in [1.165, 1.54) is 0 Å². The monoisotopic (exact) mass is 333 g/mol. The summed E-state index contributed by atoms with van der Waals surface area (Å²) in [5, 5.41) is 10.5. The van der Waals surface area contributed by atoms with E-state index in [0.717, 1.165) is 38.7 Å². The number of carboxylic acids is 1. The average molecular weight is 333 g/mol. The second kappa shape index (κ2) is 6.06. The van der Waals surface area contributed by atoms with Crippen molar-refractivity contribution in [2.75, 3.05) is 0 Å². The molecule has 0 aliphatic heterocycles. The summed E-state index contributed by atoms with van der Waals surface area (Å²) in [5.41, 5.74) is 5.70. The third-order valence-electron chi connectivity index (χ3n) is 4.40. The lowest BCUT2D eigenvalue weighted by Crippen LogP contribution is -2.07. The molecule has 2 aromatic carbocycles. The molecule has 0 spiro atoms. The maximum absolute atomic E-state index is 11.8. The van der Waals surface area contributed by atoms with E-state index in [1.54, 1.807) is 18.2 Å². The molecule has 0 bridgehead atoms. The summed E-state index contributed by atoms with van der Waals surface area (Å²) < 4.78 is 0. The van der Waals surface area contributed by atoms with Gasteiger partial charge in [-0.3, -0.25) is 4.79 Å². The van der Waals surface area contributed by atoms with Gasteiger partial charge in [-0.1, -0.05) is 24.8 Å². The SMILES string of the molecule is C=C(C)c1c(-c2c(C)cccc2C(=O)O)ccc2[nH]c(=O)cc(C)c12. The number of allylic oxidation sites excluding steroid dienone is 1. The Kier molecular flexibility index (Phi) is 4.05. The molecule has 3 rings (SSSR count). The lowest BCUT2D eigenvalue weighted by molar-refractivity contribution is 0.0697. The summed E-state index contributed by atoms with van der Waals surface area (Å²) in [6.07, 6.45) is 0. The van der Waals surface area contributed by atoms with Crippen LogP contribution in [0, 0.1) is 13.8 Å². The fraction of sp³-hybridized carbons (Fsp3) is 0.143. The fourth-order valence-corrected chi connectivity index (χ4v) is 3.41. The first-order valence-electron chi connectivity index (χ1n) is 7.97. The summed E-state index contributed by atoms with van der Waals surface area (Å²) >= 11 is 0. The van der Waals surface area contributed by atoms with Crippen LogP contribution in [0.3, 0.4) is 0 Å². The summed E-state index contributed by atoms with van der Waals surface area (Å²) in [4.78, 5) is 26.4. The number of rotatable bonds is 3. The van der Waals surface area contributed by atoms with Gasteiger partial charge >= 0.3 is 5.97 Å². The standard InChI is InChI=1S/C21H19NO3/c1-11(2)18-14(19-12(3)6-5-7-15(19)21(24)25)8-9-16-20(18)13(4)10-17(23)22-16/h5-10H,1H2,2-4H3,(H,22,23)(H,24,25). The average Bonchev–Trinajstić information content (AvgIpc) is 2.53. The Labute approximate surface area is 145 Å². The molecule has 25 heavy (non-hydrogen) atoms. The number of hydrogen-bond acceptors (Lipinski definition) is 2. The second-order valence-corrected chi connectivity index (χ2v) is 6.31. The molecule has 4 heteroatoms. The van der Waals surface area contributed by atoms with Crippen molar-refractivity contribution >= 4 is 22.4 Å². The highest BCUT2D eigenvalue weighted by Crippen LogP contribution is 2.38. The molecule has 4 nitrogen and oxygen atoms in total. The van der Waals surface area contributed by atoms with E-state index in [1.807, 2.05) is 39.0 Å². The Balaban J connectivity index is 2.52. The highest BCUT2D eigenvalue weighted by molar-refractivity contribution is 6.04. The predicted molar refractivity (Wildman–Crippen MR) is 101 cm³/mol. The number of aromatic amines is 1. The number of nitrogens with one attached hydrogen (secondary N) is 1. The zero-order valence-corrected chi connectivity index (χ0v) is 14.4. The van der Waals surface area contributed by atoms with Crippen LogP contribution in [0.2, 0.25) is 0 Å². The van der Waals surface area contributed by atoms with Gasteiger partial charge in [0.25, 0.3) is 0 Å². The second-order valence-electron chi connectivity index (χ2n) is 6.31. The molecule has 0 saturated heterocycles. The number of carbonyl (C=O) groups is 1. The van der Waals surface area contributed by atoms with Gasteiger partial charge in [-0.05, 0) is 66.3 Å². The zero-order valence-electron chi connectivity index (χ0n) is 14.4. The molecule has 126 valence electrons. The number of carboxylic acid groups (broad SMARTS) is 1. The number of pyridine rings is 1. The molecular formula is C21H19NO3. The smallest absolute Gasteiger partial charge is 0.336 e. The number of aryl methyl sites for hydroxylation is 2. The number of fused-ring (bicyclic) bond motifs is 1. The first-order chi connectivity index (χ1) is 11.8. The van der Waals surface area contributed by atoms with Crippen LogP contribution in [0.25, 0.3) is 27.6 Å². The van der Waals surface area contributed by atoms with E-state index >= 15 is 0 Å². The van der Waals surface area contributed by atoms with Gasteiger partial charge in [0.15, 0.2) is 0 Å². The zero-order chi connectivity index (χ0) is 18.3. The van der Waals surface area contributed by atoms with Crippen LogP contribution in [0.15, 0.2) is 47.8 Å². The molecule has 3 aromatic rings. The molecule has 0 unspecified atom stereocenters. The molecule has 1 heterocycles. The van der Waals surface area contributed by atoms with Crippen molar-refractivity contribution in [1.29, 1.82) is 0 Å². The van der Waals surface area contributed by atoms with Gasteiger partial charge in [0.2, 0.25) is 5.56 Å². The van der Waals surface area contributed by atoms with E-state index in [-0.39, 0.29) is 11.1 Å². The Bertz CT molecular complexity index is 1090. The van der Waals surface area contributed by atoms with E-state index in [4.69, 9.17) is 0 Å². The van der Waals surface area contributed by atoms with Crippen molar-refractivity contribution in [1.82, 2.24) is 4.98 Å². The normalized spacial score (nSPS) is 10.8. The first kappa shape index (κ1) is 16.7. The summed E-state index contributed by atoms with van der Waals surface area (Å²) in [7, 11) is 0. The number of benzene rings is 2. The van der Waals surface area contributed by atoms with Gasteiger partial charge in [0.1, 0.15) is 0 Å². The van der Waals surface area contributed by atoms with Gasteiger partial charge in [-0.15, -0.1) is 0 Å². The topological polar surface area (TPSA) is 70.2 Å². The lowest BCUT2D eigenvalue weighted by Gasteiger charge is -2.18. The van der Waals surface area contributed by atoms with Gasteiger partial charge in [-0.25, -0.2) is 4.79 Å². The predicted octanol–water partition coefficient (Wildman–Crippen LogP) is 4.54. The van der Waals surface area contributed by atoms with E-state index < -0.39 is 5.97 Å². The van der Waals surface area contributed by atoms with E-state index in [0.29, 0.717) is 5.56 Å². The number of H-pyrrole nitrogens is 1. The van der Waals surface area contributed by atoms with Crippen molar-refractivity contribution in [3.05, 3.63) is 75.6 Å². The molecule has 0 radical (unpaired) electrons. The molecule has 0 saturated carbocycles. The highest BCUT2D eigenvalue weighted by atomic mass is 16.4. The van der Waals surface area contributed by atoms with Crippen LogP contribution in [0.4, 0.5) is 0 Å². The van der Waals surface area contributed by atoms with Crippen molar-refractivity contribution in [3.63, 3.8) is 0 Å². The van der Waals surface area contributed by atoms with Gasteiger partial charge < -0.3 is 10.1 Å². The van der Waals surface area contributed by atoms with Gasteiger partial charge in [0.05, 0.1) is 5.56 Å². The molecular weight excluding hydrogens is 314 g/mol. The van der Waals surface area contributed by atoms with E-state index in [2.05, 4.69) is 11.6 Å². The quantitative estimate of drug-likeness (QED) is 0.739. The molecule has 0 atom stereocenters. The largest absolute Gasteiger partial charge is 0.478 e. The lowest BCUT2D eigenvalue weighted by atomic mass is 9.86. The van der Waals surface area contributed by atoms with Crippen molar-refractivity contribution in [3.8, 4) is 11.1 Å². The fourth-order valence-electron chi connectivity index (χ4n) is 3.41. The third-order valence-corrected chi connectivity index (χ3v) is 4.40. The number of hydrogen-bond donors (Lipinski definition) is 2. The summed E-state index contributed by atoms with van der Waals surface area (Å²) in [6.45, 7) is 9.76. The first-order valence-corrected chi connectivity index (χ1v) is 7.97. The van der Waals surface area contributed by atoms with Gasteiger partial charge in [0, 0.05) is 17.0 Å². The van der Waals surface area contributed by atoms with Crippen LogP contribution < -0.4 is 5.56 Å². The molecule has 1 aromatic heterocycles. The molecule has 0 aliphatic carbocycles. The molecule has 2 N–H and O–H groups in total. The van der Waals surface area contributed by atoms with Crippen LogP contribution in [-0.4, -0.2) is 16.1 Å². The molecule has 0 amide bonds. The number of aromatic carboxylic acids is 1. The number of aromatic nitrogens is 1. The van der Waals surface area contributed by atoms with Crippen LogP contribution in [0.5, 0.6) is 0 Å². The maximum atomic E-state index is 11.8. The minimum absolute atomic E-state index is 0.160. The van der Waals surface area contributed by atoms with Crippen molar-refractivity contribution in [2.45, 2.75) is 20.8 Å². The Morgan fingerprint density at radius 1 is 1.12 bits per heavy atom. The van der Waals surface area contributed by atoms with E-state index in [9.17, 15) is 14.7 Å². The highest BCUT2D eigenvalue weighted by Gasteiger charge is 2.19. The molecule has 0 aliphatic rings. The van der Waals surface area contributed by atoms with Gasteiger partial charge in [-0.2, -0.15) is 0 Å². The van der Waals surface area contributed by atoms with Crippen LogP contribution in [-0.2, 0) is 0 Å². The van der Waals surface area contributed by atoms with Crippen LogP contribution >= 0.6 is 0 Å². The Hall–Kier alpha value is -3.14. The Morgan fingerprint density at radius 2 is 1.84 bits per heavy atom. The summed E-state index contributed by atoms with van der Waals surface area (Å²) in [6, 6.07) is 10.5. The third kappa shape index (κ3) is 2.76. The Morgan fingerprint density at radius 3 is 2.48 bits per heavy atom. The van der Waals surface area contributed by atoms with Crippen molar-refractivity contribution < 1.29 is 9.90 Å². The minimum atomic E-state index is -0.968. The molecule has 0 fully saturated rings. The summed E-state index contributed by atoms with van der Waals surface area (Å²) in [5.74, 6) is -0.968. The maximum Gasteiger partial charge on any atom is 0.336 e.